The second-order valence-corrected chi connectivity index (χ2v) is 0. The Morgan fingerprint density at radius 2 is 0.444 bits per heavy atom. The molecular weight excluding hydrogens is 312 g/mol. The van der Waals surface area contributed by atoms with E-state index < -0.39 is 0 Å². The molecule has 0 fully saturated rings. The largest absolute Gasteiger partial charge is 4.00 e. The summed E-state index contributed by atoms with van der Waals surface area (Å²) in [7, 11) is 0. The van der Waals surface area contributed by atoms with Gasteiger partial charge in [-0.3, -0.25) is 0 Å². The van der Waals surface area contributed by atoms with Crippen molar-refractivity contribution in [3.63, 3.8) is 0 Å². The van der Waals surface area contributed by atoms with Crippen molar-refractivity contribution in [3.8, 4) is 0 Å². The van der Waals surface area contributed by atoms with Crippen molar-refractivity contribution in [2.75, 3.05) is 0 Å². The van der Waals surface area contributed by atoms with E-state index in [1.807, 2.05) is 0 Å². The molecule has 0 spiro atoms. The van der Waals surface area contributed by atoms with Crippen LogP contribution in [0.4, 0.5) is 0 Å². The zero-order valence-electron chi connectivity index (χ0n) is 4.28. The van der Waals surface area contributed by atoms with Gasteiger partial charge in [0, 0.05) is 0 Å². The molecule has 0 aliphatic rings. The van der Waals surface area contributed by atoms with E-state index in [4.69, 9.17) is 20.8 Å². The maximum atomic E-state index is 7.75. The fourth-order valence-corrected chi connectivity index (χ4v) is 0. The van der Waals surface area contributed by atoms with E-state index in [9.17, 15) is 0 Å². The molecule has 9 heteroatoms. The maximum Gasteiger partial charge on any atom is 4.00 e. The maximum absolute atomic E-state index is 7.75. The monoisotopic (exact) mass is 321 g/mol. The normalized spacial score (nSPS) is 2.67. The summed E-state index contributed by atoms with van der Waals surface area (Å²) in [6.45, 7) is 0. The van der Waals surface area contributed by atoms with Gasteiger partial charge >= 0.3 is 20.1 Å². The van der Waals surface area contributed by atoms with E-state index in [0.29, 0.717) is 0 Å². The van der Waals surface area contributed by atoms with Gasteiger partial charge in [0.15, 0.2) is 0 Å². The third-order valence-electron chi connectivity index (χ3n) is 0. The van der Waals surface area contributed by atoms with Gasteiger partial charge in [0.2, 0.25) is 0 Å². The first-order valence-electron chi connectivity index (χ1n) is 0.943. The molecule has 9 heavy (non-hydrogen) atoms. The Morgan fingerprint density at radius 1 is 0.444 bits per heavy atom. The standard InChI is InChI=1S/Ir.4H2NO/c;4*1-2/h;4*1H2/q+4;4*-1. The first-order chi connectivity index (χ1) is 4.00. The van der Waals surface area contributed by atoms with Gasteiger partial charge in [0.05, 0.1) is 0 Å². The topological polar surface area (TPSA) is 196 Å². The summed E-state index contributed by atoms with van der Waals surface area (Å²) in [6, 6.07) is 0. The van der Waals surface area contributed by atoms with Crippen LogP contribution in [-0.4, -0.2) is 0 Å². The quantitative estimate of drug-likeness (QED) is 0.359. The van der Waals surface area contributed by atoms with Crippen LogP contribution in [0.5, 0.6) is 0 Å². The van der Waals surface area contributed by atoms with Crippen LogP contribution in [0.2, 0.25) is 0 Å². The van der Waals surface area contributed by atoms with Gasteiger partial charge in [-0.1, -0.05) is 0 Å². The van der Waals surface area contributed by atoms with Crippen LogP contribution in [-0.2, 0) is 20.1 Å². The van der Waals surface area contributed by atoms with Crippen molar-refractivity contribution >= 4 is 0 Å². The van der Waals surface area contributed by atoms with Crippen LogP contribution in [0.25, 0.3) is 0 Å². The second kappa shape index (κ2) is 4130. The molecule has 0 amide bonds. The predicted molar refractivity (Wildman–Crippen MR) is 30.2 cm³/mol. The molecule has 0 aromatic rings. The smallest absolute Gasteiger partial charge is 0.790 e. The van der Waals surface area contributed by atoms with Gasteiger partial charge in [-0.25, -0.2) is 0 Å². The summed E-state index contributed by atoms with van der Waals surface area (Å²) in [4.78, 5) is 0. The Bertz CT molecular complexity index is 12.5. The van der Waals surface area contributed by atoms with Crippen LogP contribution in [0.15, 0.2) is 0 Å². The molecule has 0 bridgehead atoms. The zero-order valence-corrected chi connectivity index (χ0v) is 6.67. The second-order valence-electron chi connectivity index (χ2n) is 0. The fraction of sp³-hybridized carbons (Fsp3) is 0. The Hall–Kier alpha value is 0.329. The Kier molecular flexibility index (Phi) is 15800. The van der Waals surface area contributed by atoms with Gasteiger partial charge < -0.3 is 44.4 Å². The summed E-state index contributed by atoms with van der Waals surface area (Å²) in [5.41, 5.74) is 0. The van der Waals surface area contributed by atoms with Crippen LogP contribution in [0.3, 0.4) is 0 Å². The molecule has 0 saturated heterocycles. The third-order valence-corrected chi connectivity index (χ3v) is 0. The van der Waals surface area contributed by atoms with E-state index in [1.54, 1.807) is 0 Å². The molecule has 0 atom stereocenters. The molecule has 0 aliphatic heterocycles. The van der Waals surface area contributed by atoms with Crippen molar-refractivity contribution in [1.82, 2.24) is 0 Å². The molecule has 0 heterocycles. The summed E-state index contributed by atoms with van der Waals surface area (Å²) in [6.07, 6.45) is 0. The van der Waals surface area contributed by atoms with Crippen LogP contribution < -0.4 is 23.6 Å². The van der Waals surface area contributed by atoms with Crippen molar-refractivity contribution in [2.45, 2.75) is 0 Å². The van der Waals surface area contributed by atoms with Crippen LogP contribution >= 0.6 is 0 Å². The van der Waals surface area contributed by atoms with E-state index >= 15 is 0 Å². The summed E-state index contributed by atoms with van der Waals surface area (Å²) >= 11 is 0. The summed E-state index contributed by atoms with van der Waals surface area (Å²) in [5, 5.41) is 31.0. The Labute approximate surface area is 65.2 Å². The van der Waals surface area contributed by atoms with Crippen molar-refractivity contribution in [2.24, 2.45) is 23.6 Å². The molecule has 0 unspecified atom stereocenters. The molecule has 1 radical (unpaired) electrons. The average Bonchev–Trinajstić information content (AvgIpc) is 2.03. The molecular formula is H8IrN4O4. The van der Waals surface area contributed by atoms with Crippen molar-refractivity contribution in [3.05, 3.63) is 20.8 Å². The molecule has 0 aliphatic carbocycles. The zero-order chi connectivity index (χ0) is 8.00. The van der Waals surface area contributed by atoms with Gasteiger partial charge in [-0.15, -0.1) is 0 Å². The molecule has 0 saturated carbocycles. The minimum atomic E-state index is 0. The van der Waals surface area contributed by atoms with E-state index in [0.717, 1.165) is 0 Å². The minimum Gasteiger partial charge on any atom is -0.790 e. The minimum absolute atomic E-state index is 0. The average molecular weight is 320 g/mol. The first kappa shape index (κ1) is 34.5. The Balaban J connectivity index is -0.00000000762. The van der Waals surface area contributed by atoms with Crippen LogP contribution in [0, 0.1) is 20.8 Å². The first-order valence-corrected chi connectivity index (χ1v) is 0.943. The van der Waals surface area contributed by atoms with Crippen molar-refractivity contribution in [1.29, 1.82) is 0 Å². The molecule has 0 rings (SSSR count). The van der Waals surface area contributed by atoms with E-state index in [-0.39, 0.29) is 20.1 Å². The Morgan fingerprint density at radius 3 is 0.444 bits per heavy atom. The van der Waals surface area contributed by atoms with Crippen molar-refractivity contribution < 1.29 is 20.1 Å². The molecule has 0 aromatic carbocycles. The molecule has 8 nitrogen and oxygen atoms in total. The fourth-order valence-electron chi connectivity index (χ4n) is 0. The summed E-state index contributed by atoms with van der Waals surface area (Å²) in [5.74, 6) is 13.0. The molecule has 61 valence electrons. The summed E-state index contributed by atoms with van der Waals surface area (Å²) < 4.78 is 0. The van der Waals surface area contributed by atoms with E-state index in [1.165, 1.54) is 0 Å². The third kappa shape index (κ3) is 3080. The van der Waals surface area contributed by atoms with Gasteiger partial charge in [-0.05, 0) is 0 Å². The van der Waals surface area contributed by atoms with Crippen LogP contribution in [0.1, 0.15) is 0 Å². The number of nitrogens with two attached hydrogens (primary N) is 4. The van der Waals surface area contributed by atoms with Gasteiger partial charge in [0.1, 0.15) is 0 Å². The SMILES string of the molecule is N[O-].N[O-].N[O-].N[O-].[Ir+4]. The van der Waals surface area contributed by atoms with Gasteiger partial charge in [-0.2, -0.15) is 0 Å². The predicted octanol–water partition coefficient (Wildman–Crippen LogP) is -2.23. The van der Waals surface area contributed by atoms with E-state index in [2.05, 4.69) is 23.6 Å². The number of hydrogen-bond acceptors (Lipinski definition) is 8. The molecule has 8 N–H and O–H groups in total. The number of rotatable bonds is 0. The number of hydrogen-bond donors (Lipinski definition) is 4. The van der Waals surface area contributed by atoms with Gasteiger partial charge in [0.25, 0.3) is 0 Å². The molecule has 0 aromatic heterocycles.